The van der Waals surface area contributed by atoms with Crippen LogP contribution >= 0.6 is 0 Å². The molecule has 1 N–H and O–H groups in total. The van der Waals surface area contributed by atoms with E-state index < -0.39 is 0 Å². The lowest BCUT2D eigenvalue weighted by molar-refractivity contribution is -0.934. The highest BCUT2D eigenvalue weighted by molar-refractivity contribution is 4.51. The van der Waals surface area contributed by atoms with Crippen LogP contribution in [0.25, 0.3) is 0 Å². The number of hydrogen-bond donors (Lipinski definition) is 1. The summed E-state index contributed by atoms with van der Waals surface area (Å²) >= 11 is 0. The maximum Gasteiger partial charge on any atom is 0.0955 e. The molecule has 0 bridgehead atoms. The van der Waals surface area contributed by atoms with E-state index >= 15 is 0 Å². The Balaban J connectivity index is -0.000000794. The normalized spacial score (nSPS) is 11.2. The maximum absolute atomic E-state index is 5.37. The quantitative estimate of drug-likeness (QED) is 0.0566. The van der Waals surface area contributed by atoms with Crippen molar-refractivity contribution in [3.05, 3.63) is 0 Å². The number of quaternary nitrogens is 1. The average molecular weight is 563 g/mol. The van der Waals surface area contributed by atoms with Crippen LogP contribution in [0.5, 0.6) is 0 Å². The third-order valence-corrected chi connectivity index (χ3v) is 7.45. The molecule has 0 saturated carbocycles. The minimum absolute atomic E-state index is 0. The Morgan fingerprint density at radius 1 is 0.447 bits per heavy atom. The molecule has 0 aromatic heterocycles. The monoisotopic (exact) mass is 563 g/mol. The molecule has 0 saturated heterocycles. The van der Waals surface area contributed by atoms with Gasteiger partial charge in [-0.05, 0) is 26.2 Å². The molecule has 4 heteroatoms. The Kier molecular flexibility index (Phi) is 41.7. The van der Waals surface area contributed by atoms with Crippen LogP contribution in [0.4, 0.5) is 0 Å². The third-order valence-electron chi connectivity index (χ3n) is 7.45. The van der Waals surface area contributed by atoms with Gasteiger partial charge in [-0.25, -0.2) is 0 Å². The third kappa shape index (κ3) is 40.7. The van der Waals surface area contributed by atoms with Gasteiger partial charge in [0.15, 0.2) is 0 Å². The molecule has 0 heterocycles. The van der Waals surface area contributed by atoms with Crippen molar-refractivity contribution in [1.82, 2.24) is 5.43 Å². The molecule has 0 atom stereocenters. The molecule has 0 aliphatic rings. The summed E-state index contributed by atoms with van der Waals surface area (Å²) < 4.78 is 6.33. The summed E-state index contributed by atoms with van der Waals surface area (Å²) in [6.45, 7) is 13.1. The van der Waals surface area contributed by atoms with Gasteiger partial charge in [0.25, 0.3) is 0 Å². The van der Waals surface area contributed by atoms with Crippen LogP contribution < -0.4 is 17.8 Å². The molecule has 0 aliphatic carbocycles. The van der Waals surface area contributed by atoms with Gasteiger partial charge in [0.1, 0.15) is 0 Å². The van der Waals surface area contributed by atoms with E-state index in [4.69, 9.17) is 4.74 Å². The first kappa shape index (κ1) is 42.6. The molecule has 0 aromatic carbocycles. The molecule has 38 heavy (non-hydrogen) atoms. The highest BCUT2D eigenvalue weighted by Gasteiger charge is 2.11. The number of hydrogen-bond acceptors (Lipinski definition) is 2. The van der Waals surface area contributed by atoms with Crippen LogP contribution in [0, 0.1) is 0 Å². The highest BCUT2D eigenvalue weighted by atomic mass is 35.5. The van der Waals surface area contributed by atoms with Gasteiger partial charge in [0, 0.05) is 19.8 Å². The number of unbranched alkanes of at least 4 members (excludes halogenated alkanes) is 21. The summed E-state index contributed by atoms with van der Waals surface area (Å²) in [6, 6.07) is 0. The van der Waals surface area contributed by atoms with Gasteiger partial charge in [-0.15, -0.1) is 0 Å². The first-order valence-corrected chi connectivity index (χ1v) is 17.2. The number of ether oxygens (including phenoxy) is 1. The summed E-state index contributed by atoms with van der Waals surface area (Å²) in [5.74, 6) is 0. The molecule has 0 aromatic rings. The van der Waals surface area contributed by atoms with Gasteiger partial charge in [0.2, 0.25) is 0 Å². The van der Waals surface area contributed by atoms with Crippen LogP contribution in [0.2, 0.25) is 0 Å². The second-order valence-electron chi connectivity index (χ2n) is 11.9. The fraction of sp³-hybridized carbons (Fsp3) is 1.00. The predicted molar refractivity (Wildman–Crippen MR) is 169 cm³/mol. The number of nitrogens with one attached hydrogen (secondary N) is 1. The SMILES string of the molecule is CCCCCCCCCCCCCCCCCCCCCCOCC.CCCCCN[N+](C)(C)CCC.[Cl-]. The Morgan fingerprint density at radius 2 is 0.789 bits per heavy atom. The van der Waals surface area contributed by atoms with Crippen LogP contribution in [-0.4, -0.2) is 45.0 Å². The molecule has 0 fully saturated rings. The summed E-state index contributed by atoms with van der Waals surface area (Å²) in [5, 5.41) is 0. The molecular formula is C34H75ClN2O. The summed E-state index contributed by atoms with van der Waals surface area (Å²) in [6.07, 6.45) is 34.1. The van der Waals surface area contributed by atoms with Gasteiger partial charge in [-0.2, -0.15) is 5.43 Å². The van der Waals surface area contributed by atoms with E-state index in [0.717, 1.165) is 24.4 Å². The van der Waals surface area contributed by atoms with Crippen LogP contribution in [0.1, 0.15) is 182 Å². The Hall–Kier alpha value is 0.170. The molecule has 0 radical (unpaired) electrons. The first-order chi connectivity index (χ1) is 18.0. The van der Waals surface area contributed by atoms with Gasteiger partial charge >= 0.3 is 0 Å². The summed E-state index contributed by atoms with van der Waals surface area (Å²) in [5.41, 5.74) is 3.53. The number of rotatable bonds is 29. The first-order valence-electron chi connectivity index (χ1n) is 17.2. The van der Waals surface area contributed by atoms with Crippen molar-refractivity contribution >= 4 is 0 Å². The minimum Gasteiger partial charge on any atom is -1.00 e. The van der Waals surface area contributed by atoms with E-state index in [1.165, 1.54) is 161 Å². The lowest BCUT2D eigenvalue weighted by Gasteiger charge is -2.29. The van der Waals surface area contributed by atoms with Crippen molar-refractivity contribution in [2.24, 2.45) is 0 Å². The van der Waals surface area contributed by atoms with Gasteiger partial charge in [-0.1, -0.05) is 156 Å². The molecule has 234 valence electrons. The van der Waals surface area contributed by atoms with Crippen molar-refractivity contribution < 1.29 is 21.7 Å². The standard InChI is InChI=1S/C24H50O.C10H25N2.ClH/c1-3-5-6-7-8-9-10-11-12-13-14-15-16-17-18-19-20-21-22-23-24-25-4-2;1-5-7-8-9-11-12(3,4)10-6-2;/h3-24H2,1-2H3;11H,5-10H2,1-4H3;1H/q;+1;/p-1. The van der Waals surface area contributed by atoms with E-state index in [-0.39, 0.29) is 12.4 Å². The molecule has 0 unspecified atom stereocenters. The summed E-state index contributed by atoms with van der Waals surface area (Å²) in [4.78, 5) is 0. The Morgan fingerprint density at radius 3 is 1.13 bits per heavy atom. The van der Waals surface area contributed by atoms with Crippen LogP contribution in [-0.2, 0) is 4.74 Å². The van der Waals surface area contributed by atoms with E-state index in [2.05, 4.69) is 47.2 Å². The number of halogens is 1. The average Bonchev–Trinajstić information content (AvgIpc) is 2.88. The maximum atomic E-state index is 5.37. The lowest BCUT2D eigenvalue weighted by atomic mass is 10.0. The second kappa shape index (κ2) is 37.2. The molecule has 0 aliphatic heterocycles. The van der Waals surface area contributed by atoms with E-state index in [1.807, 2.05) is 0 Å². The Bertz CT molecular complexity index is 371. The Labute approximate surface area is 249 Å². The molecular weight excluding hydrogens is 488 g/mol. The van der Waals surface area contributed by atoms with Gasteiger partial charge in [0.05, 0.1) is 20.6 Å². The van der Waals surface area contributed by atoms with Gasteiger partial charge < -0.3 is 17.1 Å². The minimum atomic E-state index is 0. The second-order valence-corrected chi connectivity index (χ2v) is 11.9. The topological polar surface area (TPSA) is 21.3 Å². The number of nitrogens with zero attached hydrogens (tertiary/aromatic N) is 1. The smallest absolute Gasteiger partial charge is 0.0955 e. The zero-order chi connectivity index (χ0) is 27.7. The van der Waals surface area contributed by atoms with Crippen molar-refractivity contribution in [2.75, 3.05) is 40.4 Å². The van der Waals surface area contributed by atoms with E-state index in [9.17, 15) is 0 Å². The van der Waals surface area contributed by atoms with Crippen LogP contribution in [0.3, 0.4) is 0 Å². The van der Waals surface area contributed by atoms with Crippen molar-refractivity contribution in [2.45, 2.75) is 182 Å². The molecule has 0 rings (SSSR count). The predicted octanol–water partition coefficient (Wildman–Crippen LogP) is 8.02. The molecule has 0 amide bonds. The zero-order valence-electron chi connectivity index (χ0n) is 27.5. The fourth-order valence-corrected chi connectivity index (χ4v) is 5.00. The van der Waals surface area contributed by atoms with Crippen molar-refractivity contribution in [3.8, 4) is 0 Å². The molecule has 3 nitrogen and oxygen atoms in total. The van der Waals surface area contributed by atoms with Crippen molar-refractivity contribution in [1.29, 1.82) is 0 Å². The van der Waals surface area contributed by atoms with Crippen LogP contribution in [0.15, 0.2) is 0 Å². The van der Waals surface area contributed by atoms with Crippen molar-refractivity contribution in [3.63, 3.8) is 0 Å². The van der Waals surface area contributed by atoms with E-state index in [0.29, 0.717) is 0 Å². The van der Waals surface area contributed by atoms with Gasteiger partial charge in [-0.3, -0.25) is 4.59 Å². The zero-order valence-corrected chi connectivity index (χ0v) is 28.3. The fourth-order valence-electron chi connectivity index (χ4n) is 5.00. The summed E-state index contributed by atoms with van der Waals surface area (Å²) in [7, 11) is 4.46. The largest absolute Gasteiger partial charge is 1.00 e. The van der Waals surface area contributed by atoms with E-state index in [1.54, 1.807) is 0 Å². The lowest BCUT2D eigenvalue weighted by Crippen LogP contribution is -3.00. The molecule has 0 spiro atoms. The highest BCUT2D eigenvalue weighted by Crippen LogP contribution is 2.14.